The van der Waals surface area contributed by atoms with Crippen LogP contribution in [0.5, 0.6) is 5.75 Å². The summed E-state index contributed by atoms with van der Waals surface area (Å²) in [7, 11) is 0. The Labute approximate surface area is 86.9 Å². The summed E-state index contributed by atoms with van der Waals surface area (Å²) < 4.78 is 5.48. The molecule has 1 aromatic carbocycles. The first-order chi connectivity index (χ1) is 6.81. The number of nitrogens with zero attached hydrogens (tertiary/aromatic N) is 1. The molecule has 1 heterocycles. The van der Waals surface area contributed by atoms with Crippen LogP contribution in [-0.4, -0.2) is 17.5 Å². The molecule has 0 fully saturated rings. The highest BCUT2D eigenvalue weighted by molar-refractivity contribution is 6.31. The van der Waals surface area contributed by atoms with Crippen molar-refractivity contribution < 1.29 is 9.94 Å². The van der Waals surface area contributed by atoms with Crippen LogP contribution in [0.1, 0.15) is 18.4 Å². The lowest BCUT2D eigenvalue weighted by Gasteiger charge is -2.06. The zero-order chi connectivity index (χ0) is 9.97. The van der Waals surface area contributed by atoms with Crippen LogP contribution in [0.25, 0.3) is 0 Å². The molecule has 4 heteroatoms. The minimum atomic E-state index is 0.621. The van der Waals surface area contributed by atoms with Crippen molar-refractivity contribution in [3.8, 4) is 5.75 Å². The normalized spacial score (nSPS) is 18.5. The third-order valence-corrected chi connectivity index (χ3v) is 2.42. The number of hydrogen-bond acceptors (Lipinski definition) is 3. The van der Waals surface area contributed by atoms with E-state index in [9.17, 15) is 0 Å². The number of halogens is 1. The molecule has 1 aliphatic heterocycles. The molecule has 2 rings (SSSR count). The molecule has 0 aliphatic carbocycles. The maximum Gasteiger partial charge on any atom is 0.128 e. The summed E-state index contributed by atoms with van der Waals surface area (Å²) in [5, 5.41) is 12.7. The van der Waals surface area contributed by atoms with E-state index in [-0.39, 0.29) is 0 Å². The van der Waals surface area contributed by atoms with Crippen molar-refractivity contribution >= 4 is 17.3 Å². The Kier molecular flexibility index (Phi) is 2.59. The average Bonchev–Trinajstić information content (AvgIpc) is 2.39. The van der Waals surface area contributed by atoms with Crippen LogP contribution in [0.15, 0.2) is 23.4 Å². The van der Waals surface area contributed by atoms with E-state index in [4.69, 9.17) is 21.5 Å². The molecule has 0 atom stereocenters. The van der Waals surface area contributed by atoms with Crippen LogP contribution in [0.4, 0.5) is 0 Å². The molecule has 0 radical (unpaired) electrons. The molecule has 0 saturated heterocycles. The van der Waals surface area contributed by atoms with Gasteiger partial charge >= 0.3 is 0 Å². The van der Waals surface area contributed by atoms with Crippen LogP contribution in [0.3, 0.4) is 0 Å². The third kappa shape index (κ3) is 1.68. The summed E-state index contributed by atoms with van der Waals surface area (Å²) >= 11 is 5.86. The van der Waals surface area contributed by atoms with Crippen molar-refractivity contribution in [3.05, 3.63) is 28.8 Å². The maximum atomic E-state index is 8.84. The molecule has 1 N–H and O–H groups in total. The zero-order valence-corrected chi connectivity index (χ0v) is 8.29. The third-order valence-electron chi connectivity index (χ3n) is 2.19. The summed E-state index contributed by atoms with van der Waals surface area (Å²) in [5.41, 5.74) is 1.43. The Balaban J connectivity index is 2.51. The topological polar surface area (TPSA) is 41.8 Å². The number of benzene rings is 1. The summed E-state index contributed by atoms with van der Waals surface area (Å²) in [6.07, 6.45) is 1.57. The molecule has 0 unspecified atom stereocenters. The van der Waals surface area contributed by atoms with Gasteiger partial charge in [-0.15, -0.1) is 0 Å². The summed E-state index contributed by atoms with van der Waals surface area (Å²) in [6.45, 7) is 0.646. The fourth-order valence-corrected chi connectivity index (χ4v) is 1.69. The molecule has 0 amide bonds. The summed E-state index contributed by atoms with van der Waals surface area (Å²) in [4.78, 5) is 0. The van der Waals surface area contributed by atoms with E-state index < -0.39 is 0 Å². The second-order valence-electron chi connectivity index (χ2n) is 3.14. The number of oxime groups is 1. The zero-order valence-electron chi connectivity index (χ0n) is 7.53. The minimum Gasteiger partial charge on any atom is -0.493 e. The minimum absolute atomic E-state index is 0.621. The Morgan fingerprint density at radius 3 is 3.07 bits per heavy atom. The second-order valence-corrected chi connectivity index (χ2v) is 3.58. The number of ether oxygens (including phenoxy) is 1. The van der Waals surface area contributed by atoms with Gasteiger partial charge in [0.05, 0.1) is 12.3 Å². The van der Waals surface area contributed by atoms with Crippen molar-refractivity contribution in [2.45, 2.75) is 12.8 Å². The van der Waals surface area contributed by atoms with Crippen LogP contribution in [0, 0.1) is 0 Å². The molecule has 0 saturated carbocycles. The monoisotopic (exact) mass is 211 g/mol. The lowest BCUT2D eigenvalue weighted by Crippen LogP contribution is -1.99. The van der Waals surface area contributed by atoms with Crippen molar-refractivity contribution in [1.29, 1.82) is 0 Å². The Morgan fingerprint density at radius 1 is 1.43 bits per heavy atom. The van der Waals surface area contributed by atoms with Crippen LogP contribution in [-0.2, 0) is 0 Å². The van der Waals surface area contributed by atoms with E-state index in [0.717, 1.165) is 17.7 Å². The smallest absolute Gasteiger partial charge is 0.128 e. The fraction of sp³-hybridized carbons (Fsp3) is 0.300. The van der Waals surface area contributed by atoms with E-state index in [1.54, 1.807) is 18.2 Å². The SMILES string of the molecule is O/N=C1\CCCOc2ccc(Cl)cc21. The van der Waals surface area contributed by atoms with Crippen LogP contribution < -0.4 is 4.74 Å². The molecule has 14 heavy (non-hydrogen) atoms. The predicted molar refractivity (Wildman–Crippen MR) is 54.5 cm³/mol. The van der Waals surface area contributed by atoms with E-state index in [2.05, 4.69) is 5.16 Å². The number of rotatable bonds is 0. The van der Waals surface area contributed by atoms with Gasteiger partial charge in [0, 0.05) is 10.6 Å². The Morgan fingerprint density at radius 2 is 2.29 bits per heavy atom. The number of fused-ring (bicyclic) bond motifs is 1. The van der Waals surface area contributed by atoms with E-state index in [0.29, 0.717) is 23.8 Å². The fourth-order valence-electron chi connectivity index (χ4n) is 1.51. The molecule has 0 bridgehead atoms. The van der Waals surface area contributed by atoms with Gasteiger partial charge in [0.25, 0.3) is 0 Å². The molecule has 74 valence electrons. The molecule has 0 spiro atoms. The first-order valence-electron chi connectivity index (χ1n) is 4.45. The average molecular weight is 212 g/mol. The van der Waals surface area contributed by atoms with Crippen molar-refractivity contribution in [1.82, 2.24) is 0 Å². The van der Waals surface area contributed by atoms with Crippen molar-refractivity contribution in [2.75, 3.05) is 6.61 Å². The van der Waals surface area contributed by atoms with Gasteiger partial charge in [0.1, 0.15) is 5.75 Å². The molecular weight excluding hydrogens is 202 g/mol. The highest BCUT2D eigenvalue weighted by Crippen LogP contribution is 2.27. The predicted octanol–water partition coefficient (Wildman–Crippen LogP) is 2.69. The van der Waals surface area contributed by atoms with Gasteiger partial charge in [-0.25, -0.2) is 0 Å². The van der Waals surface area contributed by atoms with Crippen LogP contribution in [0.2, 0.25) is 5.02 Å². The quantitative estimate of drug-likeness (QED) is 0.530. The molecular formula is C10H10ClNO2. The standard InChI is InChI=1S/C10H10ClNO2/c11-7-3-4-10-8(6-7)9(12-13)2-1-5-14-10/h3-4,6,13H,1-2,5H2/b12-9+. The first kappa shape index (κ1) is 9.34. The lowest BCUT2D eigenvalue weighted by molar-refractivity contribution is 0.314. The molecule has 0 aromatic heterocycles. The van der Waals surface area contributed by atoms with Crippen LogP contribution >= 0.6 is 11.6 Å². The van der Waals surface area contributed by atoms with E-state index in [1.165, 1.54) is 0 Å². The van der Waals surface area contributed by atoms with Gasteiger partial charge < -0.3 is 9.94 Å². The largest absolute Gasteiger partial charge is 0.493 e. The van der Waals surface area contributed by atoms with E-state index in [1.807, 2.05) is 0 Å². The van der Waals surface area contributed by atoms with Crippen molar-refractivity contribution in [2.24, 2.45) is 5.16 Å². The molecule has 1 aliphatic rings. The van der Waals surface area contributed by atoms with Gasteiger partial charge in [0.15, 0.2) is 0 Å². The van der Waals surface area contributed by atoms with Gasteiger partial charge in [-0.1, -0.05) is 16.8 Å². The highest BCUT2D eigenvalue weighted by Gasteiger charge is 2.15. The van der Waals surface area contributed by atoms with Crippen molar-refractivity contribution in [3.63, 3.8) is 0 Å². The van der Waals surface area contributed by atoms with Gasteiger partial charge in [-0.3, -0.25) is 0 Å². The first-order valence-corrected chi connectivity index (χ1v) is 4.82. The Bertz CT molecular complexity index is 376. The maximum absolute atomic E-state index is 8.84. The number of hydrogen-bond donors (Lipinski definition) is 1. The van der Waals surface area contributed by atoms with Gasteiger partial charge in [0.2, 0.25) is 0 Å². The van der Waals surface area contributed by atoms with Gasteiger partial charge in [-0.05, 0) is 31.0 Å². The lowest BCUT2D eigenvalue weighted by atomic mass is 10.1. The second kappa shape index (κ2) is 3.88. The summed E-state index contributed by atoms with van der Waals surface area (Å²) in [5.74, 6) is 0.736. The molecule has 3 nitrogen and oxygen atoms in total. The summed E-state index contributed by atoms with van der Waals surface area (Å²) in [6, 6.07) is 5.33. The molecule has 1 aromatic rings. The Hall–Kier alpha value is -1.22. The van der Waals surface area contributed by atoms with Gasteiger partial charge in [-0.2, -0.15) is 0 Å². The van der Waals surface area contributed by atoms with E-state index >= 15 is 0 Å². The highest BCUT2D eigenvalue weighted by atomic mass is 35.5.